The van der Waals surface area contributed by atoms with Gasteiger partial charge in [-0.3, -0.25) is 9.79 Å². The lowest BCUT2D eigenvalue weighted by molar-refractivity contribution is -0.123. The second-order valence-electron chi connectivity index (χ2n) is 6.49. The lowest BCUT2D eigenvalue weighted by Crippen LogP contribution is -2.50. The van der Waals surface area contributed by atoms with Crippen LogP contribution < -0.4 is 16.0 Å². The van der Waals surface area contributed by atoms with Crippen molar-refractivity contribution in [3.05, 3.63) is 0 Å². The number of amides is 1. The molecular weight excluding hydrogens is 405 g/mol. The van der Waals surface area contributed by atoms with Gasteiger partial charge in [-0.1, -0.05) is 13.8 Å². The molecule has 0 unspecified atom stereocenters. The van der Waals surface area contributed by atoms with E-state index in [2.05, 4.69) is 39.7 Å². The van der Waals surface area contributed by atoms with E-state index >= 15 is 0 Å². The first-order chi connectivity index (χ1) is 10.4. The molecule has 1 rings (SSSR count). The zero-order valence-electron chi connectivity index (χ0n) is 15.2. The van der Waals surface area contributed by atoms with Crippen LogP contribution in [0.4, 0.5) is 0 Å². The Kier molecular flexibility index (Phi) is 11.6. The number of piperidine rings is 1. The molecule has 3 N–H and O–H groups in total. The molecule has 1 aliphatic heterocycles. The van der Waals surface area contributed by atoms with Crippen LogP contribution in [-0.2, 0) is 4.79 Å². The predicted molar refractivity (Wildman–Crippen MR) is 107 cm³/mol. The average Bonchev–Trinajstić information content (AvgIpc) is 2.50. The lowest BCUT2D eigenvalue weighted by atomic mass is 10.0. The van der Waals surface area contributed by atoms with Crippen LogP contribution in [-0.4, -0.2) is 62.1 Å². The van der Waals surface area contributed by atoms with Crippen LogP contribution in [0.2, 0.25) is 0 Å². The maximum atomic E-state index is 11.5. The van der Waals surface area contributed by atoms with Gasteiger partial charge in [-0.05, 0) is 26.7 Å². The fraction of sp³-hybridized carbons (Fsp3) is 0.875. The van der Waals surface area contributed by atoms with Crippen molar-refractivity contribution < 1.29 is 4.79 Å². The van der Waals surface area contributed by atoms with E-state index in [0.717, 1.165) is 31.9 Å². The molecule has 0 radical (unpaired) electrons. The Balaban J connectivity index is 0.00000484. The summed E-state index contributed by atoms with van der Waals surface area (Å²) in [5.74, 6) is 0.941. The summed E-state index contributed by atoms with van der Waals surface area (Å²) in [6.07, 6.45) is 2.28. The SMILES string of the molecule is CN=C(NCCNC(=O)C(C)C)NC1CCN(C(C)C)CC1.I. The highest BCUT2D eigenvalue weighted by molar-refractivity contribution is 14.0. The number of hydrogen-bond acceptors (Lipinski definition) is 3. The molecule has 0 bridgehead atoms. The summed E-state index contributed by atoms with van der Waals surface area (Å²) in [6, 6.07) is 1.11. The Morgan fingerprint density at radius 2 is 1.70 bits per heavy atom. The predicted octanol–water partition coefficient (Wildman–Crippen LogP) is 1.41. The maximum absolute atomic E-state index is 11.5. The molecule has 0 aromatic rings. The Labute approximate surface area is 158 Å². The normalized spacial score (nSPS) is 17.1. The van der Waals surface area contributed by atoms with Gasteiger partial charge in [0.1, 0.15) is 0 Å². The Morgan fingerprint density at radius 1 is 1.13 bits per heavy atom. The average molecular weight is 439 g/mol. The van der Waals surface area contributed by atoms with E-state index < -0.39 is 0 Å². The minimum atomic E-state index is 0. The highest BCUT2D eigenvalue weighted by atomic mass is 127. The molecule has 1 aliphatic rings. The molecule has 1 heterocycles. The number of carbonyl (C=O) groups excluding carboxylic acids is 1. The van der Waals surface area contributed by atoms with Crippen molar-refractivity contribution >= 4 is 35.8 Å². The van der Waals surface area contributed by atoms with Crippen molar-refractivity contribution in [1.82, 2.24) is 20.9 Å². The fourth-order valence-corrected chi connectivity index (χ4v) is 2.52. The van der Waals surface area contributed by atoms with E-state index in [0.29, 0.717) is 25.2 Å². The number of carbonyl (C=O) groups is 1. The summed E-state index contributed by atoms with van der Waals surface area (Å²) >= 11 is 0. The van der Waals surface area contributed by atoms with Crippen LogP contribution >= 0.6 is 24.0 Å². The van der Waals surface area contributed by atoms with E-state index in [1.807, 2.05) is 13.8 Å². The first kappa shape index (κ1) is 22.4. The van der Waals surface area contributed by atoms with Gasteiger partial charge in [0.15, 0.2) is 5.96 Å². The molecular formula is C16H34IN5O. The monoisotopic (exact) mass is 439 g/mol. The molecule has 1 amide bonds. The van der Waals surface area contributed by atoms with Crippen molar-refractivity contribution in [2.24, 2.45) is 10.9 Å². The van der Waals surface area contributed by atoms with Gasteiger partial charge in [-0.25, -0.2) is 0 Å². The van der Waals surface area contributed by atoms with E-state index in [4.69, 9.17) is 0 Å². The summed E-state index contributed by atoms with van der Waals surface area (Å²) < 4.78 is 0. The summed E-state index contributed by atoms with van der Waals surface area (Å²) in [7, 11) is 1.78. The van der Waals surface area contributed by atoms with Gasteiger partial charge in [-0.15, -0.1) is 24.0 Å². The second kappa shape index (κ2) is 11.9. The molecule has 0 spiro atoms. The van der Waals surface area contributed by atoms with Gasteiger partial charge in [-0.2, -0.15) is 0 Å². The highest BCUT2D eigenvalue weighted by Crippen LogP contribution is 2.12. The van der Waals surface area contributed by atoms with Crippen LogP contribution in [0.3, 0.4) is 0 Å². The van der Waals surface area contributed by atoms with Crippen molar-refractivity contribution in [2.75, 3.05) is 33.2 Å². The van der Waals surface area contributed by atoms with Gasteiger partial charge >= 0.3 is 0 Å². The third kappa shape index (κ3) is 8.74. The van der Waals surface area contributed by atoms with Gasteiger partial charge in [0.2, 0.25) is 5.91 Å². The molecule has 0 atom stereocenters. The van der Waals surface area contributed by atoms with E-state index in [9.17, 15) is 4.79 Å². The number of aliphatic imine (C=N–C) groups is 1. The van der Waals surface area contributed by atoms with Crippen LogP contribution in [0.25, 0.3) is 0 Å². The quantitative estimate of drug-likeness (QED) is 0.254. The second-order valence-corrected chi connectivity index (χ2v) is 6.49. The number of hydrogen-bond donors (Lipinski definition) is 3. The van der Waals surface area contributed by atoms with Crippen molar-refractivity contribution in [2.45, 2.75) is 52.6 Å². The summed E-state index contributed by atoms with van der Waals surface area (Å²) in [6.45, 7) is 11.9. The van der Waals surface area contributed by atoms with E-state index in [1.54, 1.807) is 7.05 Å². The third-order valence-corrected chi connectivity index (χ3v) is 4.07. The molecule has 1 saturated heterocycles. The number of likely N-dealkylation sites (tertiary alicyclic amines) is 1. The third-order valence-electron chi connectivity index (χ3n) is 4.07. The van der Waals surface area contributed by atoms with Gasteiger partial charge in [0.25, 0.3) is 0 Å². The van der Waals surface area contributed by atoms with Crippen LogP contribution in [0.15, 0.2) is 4.99 Å². The van der Waals surface area contributed by atoms with Gasteiger partial charge in [0.05, 0.1) is 0 Å². The first-order valence-electron chi connectivity index (χ1n) is 8.43. The number of rotatable bonds is 6. The van der Waals surface area contributed by atoms with E-state index in [-0.39, 0.29) is 35.8 Å². The van der Waals surface area contributed by atoms with Crippen LogP contribution in [0.1, 0.15) is 40.5 Å². The van der Waals surface area contributed by atoms with Gasteiger partial charge in [0, 0.05) is 51.2 Å². The number of nitrogens with zero attached hydrogens (tertiary/aromatic N) is 2. The molecule has 7 heteroatoms. The minimum Gasteiger partial charge on any atom is -0.355 e. The maximum Gasteiger partial charge on any atom is 0.222 e. The molecule has 0 aliphatic carbocycles. The Bertz CT molecular complexity index is 365. The van der Waals surface area contributed by atoms with Crippen molar-refractivity contribution in [1.29, 1.82) is 0 Å². The molecule has 23 heavy (non-hydrogen) atoms. The summed E-state index contributed by atoms with van der Waals surface area (Å²) in [5, 5.41) is 9.62. The molecule has 1 fully saturated rings. The van der Waals surface area contributed by atoms with Crippen LogP contribution in [0, 0.1) is 5.92 Å². The fourth-order valence-electron chi connectivity index (χ4n) is 2.52. The standard InChI is InChI=1S/C16H33N5O.HI/c1-12(2)15(22)18-8-9-19-16(17-5)20-14-6-10-21(11-7-14)13(3)4;/h12-14H,6-11H2,1-5H3,(H,18,22)(H2,17,19,20);1H. The summed E-state index contributed by atoms with van der Waals surface area (Å²) in [5.41, 5.74) is 0. The lowest BCUT2D eigenvalue weighted by Gasteiger charge is -2.35. The van der Waals surface area contributed by atoms with Crippen LogP contribution in [0.5, 0.6) is 0 Å². The first-order valence-corrected chi connectivity index (χ1v) is 8.43. The van der Waals surface area contributed by atoms with Crippen molar-refractivity contribution in [3.63, 3.8) is 0 Å². The highest BCUT2D eigenvalue weighted by Gasteiger charge is 2.21. The number of halogens is 1. The minimum absolute atomic E-state index is 0. The molecule has 0 aromatic heterocycles. The molecule has 136 valence electrons. The zero-order chi connectivity index (χ0) is 16.5. The zero-order valence-corrected chi connectivity index (χ0v) is 17.5. The molecule has 0 aromatic carbocycles. The summed E-state index contributed by atoms with van der Waals surface area (Å²) in [4.78, 5) is 18.2. The van der Waals surface area contributed by atoms with Crippen molar-refractivity contribution in [3.8, 4) is 0 Å². The number of guanidine groups is 1. The molecule has 0 saturated carbocycles. The smallest absolute Gasteiger partial charge is 0.222 e. The topological polar surface area (TPSA) is 68.8 Å². The molecule has 6 nitrogen and oxygen atoms in total. The Morgan fingerprint density at radius 3 is 2.17 bits per heavy atom. The Hall–Kier alpha value is -0.570. The largest absolute Gasteiger partial charge is 0.355 e. The van der Waals surface area contributed by atoms with Gasteiger partial charge < -0.3 is 20.9 Å². The number of nitrogens with one attached hydrogen (secondary N) is 3. The van der Waals surface area contributed by atoms with E-state index in [1.165, 1.54) is 0 Å².